The van der Waals surface area contributed by atoms with E-state index in [0.29, 0.717) is 18.7 Å². The lowest BCUT2D eigenvalue weighted by molar-refractivity contribution is 0.0709. The van der Waals surface area contributed by atoms with Crippen LogP contribution < -0.4 is 10.2 Å². The normalized spacial score (nSPS) is 21.5. The first-order valence-corrected chi connectivity index (χ1v) is 10.6. The van der Waals surface area contributed by atoms with Crippen molar-refractivity contribution in [3.63, 3.8) is 0 Å². The number of amides is 1. The third kappa shape index (κ3) is 3.72. The average molecular weight is 381 g/mol. The fourth-order valence-corrected chi connectivity index (χ4v) is 4.51. The van der Waals surface area contributed by atoms with Crippen LogP contribution in [0.25, 0.3) is 0 Å². The molecule has 0 saturated carbocycles. The van der Waals surface area contributed by atoms with Crippen LogP contribution in [-0.4, -0.2) is 76.4 Å². The first kappa shape index (κ1) is 19.1. The van der Waals surface area contributed by atoms with E-state index in [1.165, 1.54) is 18.4 Å². The fraction of sp³-hybridized carbons (Fsp3) is 0.611. The molecule has 3 rings (SSSR count). The van der Waals surface area contributed by atoms with Gasteiger partial charge in [0.2, 0.25) is 10.0 Å². The molecule has 144 valence electrons. The SMILES string of the molecule is CC1CN(C(=O)c2cc(S(=O)(=O)N(C)C)ccc2N2CCCC2)CCN1. The molecule has 1 aromatic rings. The summed E-state index contributed by atoms with van der Waals surface area (Å²) in [5.41, 5.74) is 1.33. The zero-order valence-electron chi connectivity index (χ0n) is 15.7. The van der Waals surface area contributed by atoms with Crippen LogP contribution in [0.2, 0.25) is 0 Å². The summed E-state index contributed by atoms with van der Waals surface area (Å²) in [5.74, 6) is -0.0870. The molecule has 1 N–H and O–H groups in total. The van der Waals surface area contributed by atoms with Crippen molar-refractivity contribution in [3.05, 3.63) is 23.8 Å². The molecule has 0 spiro atoms. The number of nitrogens with one attached hydrogen (secondary N) is 1. The minimum absolute atomic E-state index is 0.0870. The highest BCUT2D eigenvalue weighted by Crippen LogP contribution is 2.29. The average Bonchev–Trinajstić information content (AvgIpc) is 3.15. The molecule has 0 bridgehead atoms. The highest BCUT2D eigenvalue weighted by Gasteiger charge is 2.28. The molecule has 1 unspecified atom stereocenters. The van der Waals surface area contributed by atoms with Gasteiger partial charge in [0.05, 0.1) is 10.5 Å². The summed E-state index contributed by atoms with van der Waals surface area (Å²) < 4.78 is 26.3. The van der Waals surface area contributed by atoms with Crippen LogP contribution in [-0.2, 0) is 10.0 Å². The van der Waals surface area contributed by atoms with Gasteiger partial charge in [0.25, 0.3) is 5.91 Å². The fourth-order valence-electron chi connectivity index (χ4n) is 3.58. The minimum atomic E-state index is -3.58. The van der Waals surface area contributed by atoms with E-state index in [4.69, 9.17) is 0 Å². The maximum Gasteiger partial charge on any atom is 0.256 e. The largest absolute Gasteiger partial charge is 0.371 e. The number of nitrogens with zero attached hydrogens (tertiary/aromatic N) is 3. The highest BCUT2D eigenvalue weighted by molar-refractivity contribution is 7.89. The zero-order valence-corrected chi connectivity index (χ0v) is 16.6. The van der Waals surface area contributed by atoms with Crippen LogP contribution in [0, 0.1) is 0 Å². The van der Waals surface area contributed by atoms with Gasteiger partial charge in [0, 0.05) is 58.5 Å². The summed E-state index contributed by atoms with van der Waals surface area (Å²) in [6.07, 6.45) is 2.19. The van der Waals surface area contributed by atoms with E-state index in [9.17, 15) is 13.2 Å². The Balaban J connectivity index is 2.02. The number of piperazine rings is 1. The number of sulfonamides is 1. The molecule has 2 heterocycles. The number of rotatable bonds is 4. The lowest BCUT2D eigenvalue weighted by Gasteiger charge is -2.33. The standard InChI is InChI=1S/C18H28N4O3S/c1-14-13-22(11-8-19-14)18(23)16-12-15(26(24,25)20(2)3)6-7-17(16)21-9-4-5-10-21/h6-7,12,14,19H,4-5,8-11,13H2,1-3H3. The van der Waals surface area contributed by atoms with E-state index in [1.54, 1.807) is 18.2 Å². The Labute approximate surface area is 156 Å². The zero-order chi connectivity index (χ0) is 18.9. The number of anilines is 1. The van der Waals surface area contributed by atoms with Gasteiger partial charge in [0.1, 0.15) is 0 Å². The van der Waals surface area contributed by atoms with Crippen LogP contribution in [0.5, 0.6) is 0 Å². The predicted molar refractivity (Wildman–Crippen MR) is 102 cm³/mol. The molecule has 0 aliphatic carbocycles. The van der Waals surface area contributed by atoms with Crippen LogP contribution >= 0.6 is 0 Å². The molecule has 8 heteroatoms. The van der Waals surface area contributed by atoms with Gasteiger partial charge >= 0.3 is 0 Å². The van der Waals surface area contributed by atoms with Gasteiger partial charge in [-0.25, -0.2) is 12.7 Å². The number of hydrogen-bond acceptors (Lipinski definition) is 5. The summed E-state index contributed by atoms with van der Waals surface area (Å²) in [7, 11) is -0.577. The third-order valence-electron chi connectivity index (χ3n) is 5.08. The maximum absolute atomic E-state index is 13.2. The monoisotopic (exact) mass is 380 g/mol. The van der Waals surface area contributed by atoms with Crippen LogP contribution in [0.15, 0.2) is 23.1 Å². The first-order valence-electron chi connectivity index (χ1n) is 9.15. The van der Waals surface area contributed by atoms with Crippen LogP contribution in [0.3, 0.4) is 0 Å². The van der Waals surface area contributed by atoms with Gasteiger partial charge < -0.3 is 15.1 Å². The van der Waals surface area contributed by atoms with Crippen molar-refractivity contribution in [2.45, 2.75) is 30.7 Å². The summed E-state index contributed by atoms with van der Waals surface area (Å²) in [5, 5.41) is 3.33. The molecule has 0 aromatic heterocycles. The van der Waals surface area contributed by atoms with Crippen LogP contribution in [0.4, 0.5) is 5.69 Å². The summed E-state index contributed by atoms with van der Waals surface area (Å²) in [6, 6.07) is 5.19. The second kappa shape index (κ2) is 7.54. The van der Waals surface area contributed by atoms with Crippen molar-refractivity contribution in [1.82, 2.24) is 14.5 Å². The molecule has 26 heavy (non-hydrogen) atoms. The van der Waals surface area contributed by atoms with Crippen LogP contribution in [0.1, 0.15) is 30.1 Å². The van der Waals surface area contributed by atoms with Crippen molar-refractivity contribution >= 4 is 21.6 Å². The minimum Gasteiger partial charge on any atom is -0.371 e. The van der Waals surface area contributed by atoms with Crippen molar-refractivity contribution in [3.8, 4) is 0 Å². The van der Waals surface area contributed by atoms with E-state index in [0.717, 1.165) is 38.2 Å². The quantitative estimate of drug-likeness (QED) is 0.843. The molecule has 1 atom stereocenters. The molecule has 2 fully saturated rings. The van der Waals surface area contributed by atoms with Crippen molar-refractivity contribution in [1.29, 1.82) is 0 Å². The number of hydrogen-bond donors (Lipinski definition) is 1. The van der Waals surface area contributed by atoms with Gasteiger partial charge in [-0.15, -0.1) is 0 Å². The van der Waals surface area contributed by atoms with E-state index in [1.807, 2.05) is 11.8 Å². The molecule has 1 amide bonds. The van der Waals surface area contributed by atoms with E-state index in [2.05, 4.69) is 10.2 Å². The molecule has 0 radical (unpaired) electrons. The number of carbonyl (C=O) groups is 1. The Morgan fingerprint density at radius 2 is 1.88 bits per heavy atom. The Morgan fingerprint density at radius 3 is 2.50 bits per heavy atom. The lowest BCUT2D eigenvalue weighted by atomic mass is 10.1. The molecule has 7 nitrogen and oxygen atoms in total. The van der Waals surface area contributed by atoms with E-state index < -0.39 is 10.0 Å². The number of benzene rings is 1. The van der Waals surface area contributed by atoms with Gasteiger partial charge in [0.15, 0.2) is 0 Å². The molecule has 2 aliphatic heterocycles. The first-order chi connectivity index (χ1) is 12.3. The third-order valence-corrected chi connectivity index (χ3v) is 6.89. The van der Waals surface area contributed by atoms with Crippen molar-refractivity contribution in [2.24, 2.45) is 0 Å². The molecule has 2 saturated heterocycles. The van der Waals surface area contributed by atoms with Crippen molar-refractivity contribution < 1.29 is 13.2 Å². The Morgan fingerprint density at radius 1 is 1.19 bits per heavy atom. The van der Waals surface area contributed by atoms with Gasteiger partial charge in [-0.1, -0.05) is 0 Å². The van der Waals surface area contributed by atoms with E-state index >= 15 is 0 Å². The van der Waals surface area contributed by atoms with Gasteiger partial charge in [-0.05, 0) is 38.0 Å². The van der Waals surface area contributed by atoms with E-state index in [-0.39, 0.29) is 16.8 Å². The van der Waals surface area contributed by atoms with Crippen molar-refractivity contribution in [2.75, 3.05) is 51.7 Å². The second-order valence-corrected chi connectivity index (χ2v) is 9.42. The maximum atomic E-state index is 13.2. The van der Waals surface area contributed by atoms with Gasteiger partial charge in [-0.3, -0.25) is 4.79 Å². The molecular weight excluding hydrogens is 352 g/mol. The van der Waals surface area contributed by atoms with Gasteiger partial charge in [-0.2, -0.15) is 0 Å². The summed E-state index contributed by atoms with van der Waals surface area (Å²) >= 11 is 0. The summed E-state index contributed by atoms with van der Waals surface area (Å²) in [6.45, 7) is 5.86. The predicted octanol–water partition coefficient (Wildman–Crippen LogP) is 0.971. The lowest BCUT2D eigenvalue weighted by Crippen LogP contribution is -2.51. The summed E-state index contributed by atoms with van der Waals surface area (Å²) in [4.78, 5) is 17.4. The Hall–Kier alpha value is -1.64. The highest BCUT2D eigenvalue weighted by atomic mass is 32.2. The molecule has 2 aliphatic rings. The Bertz CT molecular complexity index is 773. The smallest absolute Gasteiger partial charge is 0.256 e. The molecular formula is C18H28N4O3S. The number of carbonyl (C=O) groups excluding carboxylic acids is 1. The molecule has 1 aromatic carbocycles. The topological polar surface area (TPSA) is 73.0 Å². The second-order valence-electron chi connectivity index (χ2n) is 7.27. The Kier molecular flexibility index (Phi) is 5.55.